The van der Waals surface area contributed by atoms with Crippen LogP contribution in [0.5, 0.6) is 0 Å². The summed E-state index contributed by atoms with van der Waals surface area (Å²) in [6, 6.07) is 13.1. The number of likely N-dealkylation sites (tertiary alicyclic amines) is 1. The van der Waals surface area contributed by atoms with E-state index in [1.807, 2.05) is 0 Å². The molecule has 4 heterocycles. The van der Waals surface area contributed by atoms with Crippen molar-refractivity contribution in [3.63, 3.8) is 0 Å². The fraction of sp³-hybridized carbons (Fsp3) is 0.586. The van der Waals surface area contributed by atoms with Crippen LogP contribution in [0.25, 0.3) is 0 Å². The van der Waals surface area contributed by atoms with Gasteiger partial charge in [0.05, 0.1) is 26.7 Å². The van der Waals surface area contributed by atoms with Gasteiger partial charge in [-0.2, -0.15) is 0 Å². The Kier molecular flexibility index (Phi) is 7.89. The van der Waals surface area contributed by atoms with Crippen LogP contribution < -0.4 is 9.80 Å². The quantitative estimate of drug-likeness (QED) is 0.516. The number of aliphatic carboxylic acids is 1. The third-order valence-corrected chi connectivity index (χ3v) is 8.45. The van der Waals surface area contributed by atoms with E-state index in [-0.39, 0.29) is 12.3 Å². The van der Waals surface area contributed by atoms with Crippen LogP contribution in [0, 0.1) is 5.92 Å². The molecule has 5 rings (SSSR count). The fourth-order valence-electron chi connectivity index (χ4n) is 6.10. The fourth-order valence-corrected chi connectivity index (χ4v) is 6.10. The molecule has 0 amide bonds. The number of rotatable bonds is 9. The summed E-state index contributed by atoms with van der Waals surface area (Å²) in [4.78, 5) is 19.1. The normalized spacial score (nSPS) is 22.5. The zero-order valence-corrected chi connectivity index (χ0v) is 21.6. The van der Waals surface area contributed by atoms with E-state index in [0.717, 1.165) is 87.6 Å². The topological polar surface area (TPSA) is 74.7 Å². The lowest BCUT2D eigenvalue weighted by atomic mass is 9.94. The predicted molar refractivity (Wildman–Crippen MR) is 144 cm³/mol. The number of benzene rings is 1. The molecule has 3 aliphatic rings. The second-order valence-corrected chi connectivity index (χ2v) is 11.1. The van der Waals surface area contributed by atoms with E-state index in [9.17, 15) is 9.90 Å². The smallest absolute Gasteiger partial charge is 0.304 e. The van der Waals surface area contributed by atoms with Crippen molar-refractivity contribution in [2.75, 3.05) is 64.8 Å². The number of carboxylic acid groups (broad SMARTS) is 1. The van der Waals surface area contributed by atoms with Gasteiger partial charge in [0.2, 0.25) is 0 Å². The van der Waals surface area contributed by atoms with Gasteiger partial charge in [-0.3, -0.25) is 9.28 Å². The first-order valence-corrected chi connectivity index (χ1v) is 13.7. The highest BCUT2D eigenvalue weighted by atomic mass is 16.5. The minimum atomic E-state index is -0.722. The van der Waals surface area contributed by atoms with Crippen molar-refractivity contribution in [3.8, 4) is 0 Å². The number of carboxylic acids is 1. The van der Waals surface area contributed by atoms with E-state index in [1.165, 1.54) is 29.8 Å². The van der Waals surface area contributed by atoms with Gasteiger partial charge in [0, 0.05) is 37.3 Å². The molecular formula is C29H41N4O3+. The number of carbonyl (C=O) groups is 1. The molecule has 7 heteroatoms. The van der Waals surface area contributed by atoms with Crippen LogP contribution in [0.1, 0.15) is 48.4 Å². The largest absolute Gasteiger partial charge is 0.481 e. The Morgan fingerprint density at radius 3 is 2.97 bits per heavy atom. The molecule has 1 aromatic heterocycles. The number of aromatic nitrogens is 1. The van der Waals surface area contributed by atoms with Gasteiger partial charge >= 0.3 is 5.97 Å². The number of hydrogen-bond acceptors (Lipinski definition) is 5. The summed E-state index contributed by atoms with van der Waals surface area (Å²) in [5.74, 6) is 1.01. The van der Waals surface area contributed by atoms with Gasteiger partial charge < -0.3 is 20.1 Å². The lowest BCUT2D eigenvalue weighted by molar-refractivity contribution is -0.137. The van der Waals surface area contributed by atoms with Crippen LogP contribution in [0.4, 0.5) is 11.5 Å². The van der Waals surface area contributed by atoms with E-state index < -0.39 is 5.97 Å². The second kappa shape index (κ2) is 11.3. The first kappa shape index (κ1) is 25.2. The molecule has 2 aromatic rings. The highest BCUT2D eigenvalue weighted by molar-refractivity contribution is 5.68. The van der Waals surface area contributed by atoms with Gasteiger partial charge in [0.25, 0.3) is 0 Å². The number of quaternary nitrogens is 1. The number of pyridine rings is 1. The van der Waals surface area contributed by atoms with Crippen LogP contribution in [0.15, 0.2) is 36.4 Å². The summed E-state index contributed by atoms with van der Waals surface area (Å²) in [6.07, 6.45) is 5.81. The molecule has 3 aliphatic heterocycles. The summed E-state index contributed by atoms with van der Waals surface area (Å²) in [6.45, 7) is 7.37. The molecule has 0 saturated carbocycles. The van der Waals surface area contributed by atoms with Gasteiger partial charge in [-0.15, -0.1) is 0 Å². The lowest BCUT2D eigenvalue weighted by Crippen LogP contribution is -2.53. The molecule has 0 bridgehead atoms. The summed E-state index contributed by atoms with van der Waals surface area (Å²) < 4.78 is 6.43. The maximum atomic E-state index is 11.8. The first-order valence-electron chi connectivity index (χ1n) is 13.7. The van der Waals surface area contributed by atoms with E-state index in [2.05, 4.69) is 53.7 Å². The number of fused-ring (bicyclic) bond motifs is 1. The molecule has 1 aromatic carbocycles. The van der Waals surface area contributed by atoms with Crippen molar-refractivity contribution in [2.24, 2.45) is 5.92 Å². The van der Waals surface area contributed by atoms with Crippen LogP contribution in [-0.4, -0.2) is 80.5 Å². The third-order valence-electron chi connectivity index (χ3n) is 8.45. The van der Waals surface area contributed by atoms with Crippen molar-refractivity contribution < 1.29 is 14.6 Å². The monoisotopic (exact) mass is 493 g/mol. The Morgan fingerprint density at radius 2 is 2.14 bits per heavy atom. The third kappa shape index (κ3) is 6.07. The standard InChI is InChI=1S/C29H40N4O3/c1-33(14-16-36-17-15-33)27-6-2-4-24(18-27)25(19-28(34)35)21-32-13-11-22(20-32)7-9-26-10-8-23-5-3-12-30-29(23)31-26/h2,4,6,8,10,18,22,25H,3,5,7,9,11-17,19-21H2,1H3,(H-,30,31,34,35)/p+1/t22-,25?/m1/s1. The molecule has 2 atom stereocenters. The number of nitrogens with zero attached hydrogens (tertiary/aromatic N) is 3. The highest BCUT2D eigenvalue weighted by Gasteiger charge is 2.30. The Balaban J connectivity index is 1.20. The molecule has 2 N–H and O–H groups in total. The zero-order valence-electron chi connectivity index (χ0n) is 21.6. The summed E-state index contributed by atoms with van der Waals surface area (Å²) in [5, 5.41) is 13.1. The van der Waals surface area contributed by atoms with Gasteiger partial charge in [-0.1, -0.05) is 18.2 Å². The Hall–Kier alpha value is -2.48. The number of aryl methyl sites for hydroxylation is 2. The van der Waals surface area contributed by atoms with Crippen molar-refractivity contribution in [2.45, 2.75) is 44.4 Å². The SMILES string of the molecule is C[N+]1(c2cccc(C(CC(=O)O)CN3CC[C@@H](CCc4ccc5c(n4)NCCC5)C3)c2)CCOCC1. The molecule has 36 heavy (non-hydrogen) atoms. The Bertz CT molecular complexity index is 1050. The highest BCUT2D eigenvalue weighted by Crippen LogP contribution is 2.31. The molecule has 2 fully saturated rings. The van der Waals surface area contributed by atoms with Gasteiger partial charge in [0.15, 0.2) is 0 Å². The number of nitrogens with one attached hydrogen (secondary N) is 1. The molecule has 0 radical (unpaired) electrons. The van der Waals surface area contributed by atoms with Crippen LogP contribution in [0.2, 0.25) is 0 Å². The van der Waals surface area contributed by atoms with Gasteiger partial charge in [0.1, 0.15) is 24.6 Å². The van der Waals surface area contributed by atoms with Crippen molar-refractivity contribution in [1.82, 2.24) is 14.4 Å². The van der Waals surface area contributed by atoms with E-state index in [1.54, 1.807) is 0 Å². The van der Waals surface area contributed by atoms with E-state index in [0.29, 0.717) is 5.92 Å². The number of ether oxygens (including phenoxy) is 1. The molecule has 2 saturated heterocycles. The van der Waals surface area contributed by atoms with Crippen molar-refractivity contribution in [1.29, 1.82) is 0 Å². The second-order valence-electron chi connectivity index (χ2n) is 11.1. The van der Waals surface area contributed by atoms with Gasteiger partial charge in [-0.25, -0.2) is 4.98 Å². The molecule has 0 spiro atoms. The number of anilines is 1. The number of hydrogen-bond donors (Lipinski definition) is 2. The minimum absolute atomic E-state index is 0.00206. The first-order chi connectivity index (χ1) is 17.5. The summed E-state index contributed by atoms with van der Waals surface area (Å²) in [5.41, 5.74) is 4.93. The molecule has 0 aliphatic carbocycles. The molecule has 194 valence electrons. The maximum Gasteiger partial charge on any atom is 0.304 e. The van der Waals surface area contributed by atoms with Crippen molar-refractivity contribution >= 4 is 17.5 Å². The minimum Gasteiger partial charge on any atom is -0.481 e. The summed E-state index contributed by atoms with van der Waals surface area (Å²) in [7, 11) is 2.26. The van der Waals surface area contributed by atoms with Crippen LogP contribution >= 0.6 is 0 Å². The average molecular weight is 494 g/mol. The van der Waals surface area contributed by atoms with E-state index >= 15 is 0 Å². The van der Waals surface area contributed by atoms with Crippen molar-refractivity contribution in [3.05, 3.63) is 53.2 Å². The van der Waals surface area contributed by atoms with Gasteiger partial charge in [-0.05, 0) is 67.8 Å². The molecular weight excluding hydrogens is 452 g/mol. The molecule has 1 unspecified atom stereocenters. The maximum absolute atomic E-state index is 11.8. The number of morpholine rings is 1. The summed E-state index contributed by atoms with van der Waals surface area (Å²) >= 11 is 0. The zero-order chi connectivity index (χ0) is 25.0. The Labute approximate surface area is 215 Å². The number of likely N-dealkylation sites (N-methyl/N-ethyl adjacent to an activating group) is 1. The van der Waals surface area contributed by atoms with Crippen LogP contribution in [-0.2, 0) is 22.4 Å². The van der Waals surface area contributed by atoms with E-state index in [4.69, 9.17) is 9.72 Å². The lowest BCUT2D eigenvalue weighted by Gasteiger charge is -2.37. The predicted octanol–water partition coefficient (Wildman–Crippen LogP) is 3.92. The van der Waals surface area contributed by atoms with Crippen LogP contribution in [0.3, 0.4) is 0 Å². The molecule has 7 nitrogen and oxygen atoms in total. The average Bonchev–Trinajstić information content (AvgIpc) is 3.34. The Morgan fingerprint density at radius 1 is 1.28 bits per heavy atom.